The Morgan fingerprint density at radius 3 is 2.54 bits per heavy atom. The molecular formula is C20H34N2O3S. The maximum atomic E-state index is 11.6. The lowest BCUT2D eigenvalue weighted by Crippen LogP contribution is -2.31. The molecule has 6 heteroatoms. The largest absolute Gasteiger partial charge is 0.490 e. The molecule has 1 fully saturated rings. The fraction of sp³-hybridized carbons (Fsp3) is 0.700. The van der Waals surface area contributed by atoms with Crippen LogP contribution in [0.1, 0.15) is 65.2 Å². The van der Waals surface area contributed by atoms with Crippen molar-refractivity contribution in [2.24, 2.45) is 0 Å². The zero-order valence-electron chi connectivity index (χ0n) is 16.2. The van der Waals surface area contributed by atoms with E-state index in [0.29, 0.717) is 12.6 Å². The summed E-state index contributed by atoms with van der Waals surface area (Å²) in [6.45, 7) is 4.78. The number of benzene rings is 1. The lowest BCUT2D eigenvalue weighted by Gasteiger charge is -2.23. The van der Waals surface area contributed by atoms with Crippen molar-refractivity contribution in [3.8, 4) is 5.75 Å². The second-order valence-corrected chi connectivity index (χ2v) is 9.70. The number of ether oxygens (including phenoxy) is 1. The van der Waals surface area contributed by atoms with Gasteiger partial charge in [-0.2, -0.15) is 0 Å². The van der Waals surface area contributed by atoms with Crippen molar-refractivity contribution < 1.29 is 13.2 Å². The summed E-state index contributed by atoms with van der Waals surface area (Å²) < 4.78 is 32.0. The standard InChI is InChI=1S/C20H34N2O3S/c1-17(2)26(23,24)22-15-8-4-7-14-21-18-10-9-13-20(16-18)25-19-11-5-3-6-12-19/h9-10,13,16-17,19,21-22H,3-8,11-12,14-15H2,1-2H3. The molecule has 1 aromatic rings. The van der Waals surface area contributed by atoms with Crippen LogP contribution in [-0.4, -0.2) is 32.9 Å². The van der Waals surface area contributed by atoms with Crippen LogP contribution in [0.2, 0.25) is 0 Å². The van der Waals surface area contributed by atoms with E-state index in [2.05, 4.69) is 22.2 Å². The highest BCUT2D eigenvalue weighted by Gasteiger charge is 2.15. The van der Waals surface area contributed by atoms with Crippen LogP contribution >= 0.6 is 0 Å². The number of rotatable bonds is 11. The Hall–Kier alpha value is -1.27. The molecule has 0 aromatic heterocycles. The molecule has 0 radical (unpaired) electrons. The molecule has 0 aliphatic heterocycles. The van der Waals surface area contributed by atoms with Crippen LogP contribution in [0.3, 0.4) is 0 Å². The minimum absolute atomic E-state index is 0.368. The van der Waals surface area contributed by atoms with Crippen molar-refractivity contribution in [1.29, 1.82) is 0 Å². The summed E-state index contributed by atoms with van der Waals surface area (Å²) in [6, 6.07) is 8.19. The van der Waals surface area contributed by atoms with E-state index >= 15 is 0 Å². The van der Waals surface area contributed by atoms with Crippen LogP contribution in [0.5, 0.6) is 5.75 Å². The zero-order chi connectivity index (χ0) is 18.8. The van der Waals surface area contributed by atoms with E-state index in [1.807, 2.05) is 12.1 Å². The van der Waals surface area contributed by atoms with Crippen molar-refractivity contribution >= 4 is 15.7 Å². The van der Waals surface area contributed by atoms with Gasteiger partial charge in [0.2, 0.25) is 10.0 Å². The summed E-state index contributed by atoms with van der Waals surface area (Å²) in [5.74, 6) is 0.949. The summed E-state index contributed by atoms with van der Waals surface area (Å²) >= 11 is 0. The van der Waals surface area contributed by atoms with Gasteiger partial charge in [0.05, 0.1) is 11.4 Å². The monoisotopic (exact) mass is 382 g/mol. The summed E-state index contributed by atoms with van der Waals surface area (Å²) in [5, 5.41) is 3.06. The minimum Gasteiger partial charge on any atom is -0.490 e. The Morgan fingerprint density at radius 2 is 1.81 bits per heavy atom. The third-order valence-electron chi connectivity index (χ3n) is 4.80. The highest BCUT2D eigenvalue weighted by atomic mass is 32.2. The molecule has 0 saturated heterocycles. The minimum atomic E-state index is -3.13. The van der Waals surface area contributed by atoms with Crippen molar-refractivity contribution in [1.82, 2.24) is 4.72 Å². The smallest absolute Gasteiger partial charge is 0.213 e. The van der Waals surface area contributed by atoms with Gasteiger partial charge in [-0.25, -0.2) is 13.1 Å². The summed E-state index contributed by atoms with van der Waals surface area (Å²) in [5.41, 5.74) is 1.08. The van der Waals surface area contributed by atoms with E-state index < -0.39 is 10.0 Å². The molecule has 1 saturated carbocycles. The van der Waals surface area contributed by atoms with Crippen LogP contribution in [0.15, 0.2) is 24.3 Å². The van der Waals surface area contributed by atoms with Crippen LogP contribution in [0, 0.1) is 0 Å². The third kappa shape index (κ3) is 7.54. The van der Waals surface area contributed by atoms with E-state index in [-0.39, 0.29) is 5.25 Å². The van der Waals surface area contributed by atoms with Crippen LogP contribution < -0.4 is 14.8 Å². The quantitative estimate of drug-likeness (QED) is 0.560. The average molecular weight is 383 g/mol. The molecule has 1 aliphatic carbocycles. The van der Waals surface area contributed by atoms with E-state index in [9.17, 15) is 8.42 Å². The fourth-order valence-electron chi connectivity index (χ4n) is 3.10. The second-order valence-electron chi connectivity index (χ2n) is 7.38. The average Bonchev–Trinajstić information content (AvgIpc) is 2.62. The Kier molecular flexibility index (Phi) is 8.72. The second kappa shape index (κ2) is 10.8. The van der Waals surface area contributed by atoms with Gasteiger partial charge in [0.15, 0.2) is 0 Å². The molecule has 0 heterocycles. The highest BCUT2D eigenvalue weighted by Crippen LogP contribution is 2.25. The number of unbranched alkanes of at least 4 members (excludes halogenated alkanes) is 2. The van der Waals surface area contributed by atoms with Crippen molar-refractivity contribution in [2.75, 3.05) is 18.4 Å². The number of hydrogen-bond acceptors (Lipinski definition) is 4. The zero-order valence-corrected chi connectivity index (χ0v) is 17.0. The molecule has 1 aromatic carbocycles. The first kappa shape index (κ1) is 21.0. The molecule has 0 unspecified atom stereocenters. The van der Waals surface area contributed by atoms with Crippen molar-refractivity contribution in [2.45, 2.75) is 76.6 Å². The lowest BCUT2D eigenvalue weighted by atomic mass is 9.98. The molecular weight excluding hydrogens is 348 g/mol. The summed E-state index contributed by atoms with van der Waals surface area (Å²) in [6.07, 6.45) is 9.44. The topological polar surface area (TPSA) is 67.4 Å². The van der Waals surface area contributed by atoms with Crippen LogP contribution in [-0.2, 0) is 10.0 Å². The van der Waals surface area contributed by atoms with Gasteiger partial charge in [-0.05, 0) is 64.5 Å². The van der Waals surface area contributed by atoms with Gasteiger partial charge in [0.25, 0.3) is 0 Å². The van der Waals surface area contributed by atoms with Gasteiger partial charge in [-0.1, -0.05) is 18.9 Å². The van der Waals surface area contributed by atoms with E-state index in [0.717, 1.165) is 50.1 Å². The van der Waals surface area contributed by atoms with E-state index in [1.165, 1.54) is 19.3 Å². The molecule has 0 amide bonds. The van der Waals surface area contributed by atoms with Gasteiger partial charge in [0.1, 0.15) is 5.75 Å². The van der Waals surface area contributed by atoms with Gasteiger partial charge in [0, 0.05) is 24.8 Å². The van der Waals surface area contributed by atoms with Gasteiger partial charge >= 0.3 is 0 Å². The number of hydrogen-bond donors (Lipinski definition) is 2. The Bertz CT molecular complexity index is 626. The van der Waals surface area contributed by atoms with Crippen LogP contribution in [0.25, 0.3) is 0 Å². The summed E-state index contributed by atoms with van der Waals surface area (Å²) in [4.78, 5) is 0. The SMILES string of the molecule is CC(C)S(=O)(=O)NCCCCCNc1cccc(OC2CCCCC2)c1. The Morgan fingerprint density at radius 1 is 1.08 bits per heavy atom. The molecule has 1 aliphatic rings. The van der Waals surface area contributed by atoms with Crippen molar-refractivity contribution in [3.05, 3.63) is 24.3 Å². The number of sulfonamides is 1. The Balaban J connectivity index is 1.61. The predicted octanol–water partition coefficient (Wildman–Crippen LogP) is 4.31. The normalized spacial score (nSPS) is 16.0. The van der Waals surface area contributed by atoms with E-state index in [4.69, 9.17) is 4.74 Å². The molecule has 0 atom stereocenters. The molecule has 26 heavy (non-hydrogen) atoms. The molecule has 2 N–H and O–H groups in total. The first-order valence-corrected chi connectivity index (χ1v) is 11.5. The summed E-state index contributed by atoms with van der Waals surface area (Å²) in [7, 11) is -3.13. The number of anilines is 1. The highest BCUT2D eigenvalue weighted by molar-refractivity contribution is 7.90. The molecule has 148 valence electrons. The van der Waals surface area contributed by atoms with Crippen LogP contribution in [0.4, 0.5) is 5.69 Å². The fourth-order valence-corrected chi connectivity index (χ4v) is 3.86. The first-order chi connectivity index (χ1) is 12.5. The van der Waals surface area contributed by atoms with E-state index in [1.54, 1.807) is 13.8 Å². The number of nitrogens with one attached hydrogen (secondary N) is 2. The maximum Gasteiger partial charge on any atom is 0.213 e. The third-order valence-corrected chi connectivity index (χ3v) is 6.64. The van der Waals surface area contributed by atoms with Gasteiger partial charge in [-0.15, -0.1) is 0 Å². The van der Waals surface area contributed by atoms with Gasteiger partial charge in [-0.3, -0.25) is 0 Å². The molecule has 2 rings (SSSR count). The lowest BCUT2D eigenvalue weighted by molar-refractivity contribution is 0.155. The first-order valence-electron chi connectivity index (χ1n) is 9.96. The maximum absolute atomic E-state index is 11.6. The molecule has 0 spiro atoms. The molecule has 5 nitrogen and oxygen atoms in total. The molecule has 0 bridgehead atoms. The predicted molar refractivity (Wildman–Crippen MR) is 108 cm³/mol. The Labute approximate surface area is 159 Å². The van der Waals surface area contributed by atoms with Crippen molar-refractivity contribution in [3.63, 3.8) is 0 Å². The van der Waals surface area contributed by atoms with Gasteiger partial charge < -0.3 is 10.1 Å².